The number of carbonyl (C=O) groups excluding carboxylic acids is 1. The molecule has 124 valence electrons. The second-order valence-corrected chi connectivity index (χ2v) is 5.58. The molecule has 0 aliphatic carbocycles. The fourth-order valence-electron chi connectivity index (χ4n) is 2.64. The summed E-state index contributed by atoms with van der Waals surface area (Å²) < 4.78 is 10.7. The third-order valence-electron chi connectivity index (χ3n) is 3.90. The quantitative estimate of drug-likeness (QED) is 0.721. The SMILES string of the molecule is O=C(NCCc1noc(C2CCCO2)n1)c1ccc2n[nH]nc2c1. The molecule has 0 radical (unpaired) electrons. The van der Waals surface area contributed by atoms with Gasteiger partial charge in [-0.2, -0.15) is 20.4 Å². The number of nitrogens with one attached hydrogen (secondary N) is 2. The largest absolute Gasteiger partial charge is 0.368 e. The number of rotatable bonds is 5. The molecule has 2 N–H and O–H groups in total. The van der Waals surface area contributed by atoms with Crippen molar-refractivity contribution in [3.8, 4) is 0 Å². The van der Waals surface area contributed by atoms with Gasteiger partial charge in [0, 0.05) is 25.1 Å². The molecule has 9 nitrogen and oxygen atoms in total. The summed E-state index contributed by atoms with van der Waals surface area (Å²) in [5.41, 5.74) is 1.91. The Hall–Kier alpha value is -2.81. The first-order chi connectivity index (χ1) is 11.8. The monoisotopic (exact) mass is 328 g/mol. The Balaban J connectivity index is 1.32. The van der Waals surface area contributed by atoms with Crippen molar-refractivity contribution in [2.24, 2.45) is 0 Å². The standard InChI is InChI=1S/C15H16N6O3/c22-14(9-3-4-10-11(8-9)19-21-18-10)16-6-5-13-17-15(24-20-13)12-2-1-7-23-12/h3-4,8,12H,1-2,5-7H2,(H,16,22)(H,18,19,21). The highest BCUT2D eigenvalue weighted by Crippen LogP contribution is 2.26. The third-order valence-corrected chi connectivity index (χ3v) is 3.90. The van der Waals surface area contributed by atoms with Crippen molar-refractivity contribution >= 4 is 16.9 Å². The molecule has 9 heteroatoms. The van der Waals surface area contributed by atoms with Crippen LogP contribution >= 0.6 is 0 Å². The van der Waals surface area contributed by atoms with E-state index in [9.17, 15) is 4.79 Å². The highest BCUT2D eigenvalue weighted by Gasteiger charge is 2.23. The molecule has 2 aromatic heterocycles. The maximum absolute atomic E-state index is 12.2. The van der Waals surface area contributed by atoms with Crippen molar-refractivity contribution in [2.45, 2.75) is 25.4 Å². The lowest BCUT2D eigenvalue weighted by Crippen LogP contribution is -2.25. The van der Waals surface area contributed by atoms with Crippen molar-refractivity contribution in [3.63, 3.8) is 0 Å². The van der Waals surface area contributed by atoms with Crippen LogP contribution in [0.1, 0.15) is 41.0 Å². The number of nitrogens with zero attached hydrogens (tertiary/aromatic N) is 4. The number of aromatic nitrogens is 5. The van der Waals surface area contributed by atoms with E-state index >= 15 is 0 Å². The molecule has 1 aliphatic heterocycles. The summed E-state index contributed by atoms with van der Waals surface area (Å²) in [5.74, 6) is 0.904. The van der Waals surface area contributed by atoms with Crippen LogP contribution in [0.2, 0.25) is 0 Å². The predicted octanol–water partition coefficient (Wildman–Crippen LogP) is 1.16. The van der Waals surface area contributed by atoms with Crippen LogP contribution in [0.3, 0.4) is 0 Å². The minimum absolute atomic E-state index is 0.0879. The van der Waals surface area contributed by atoms with Gasteiger partial charge in [0.25, 0.3) is 11.8 Å². The van der Waals surface area contributed by atoms with E-state index in [1.807, 2.05) is 0 Å². The van der Waals surface area contributed by atoms with Gasteiger partial charge in [0.15, 0.2) is 5.82 Å². The van der Waals surface area contributed by atoms with Crippen LogP contribution in [0.25, 0.3) is 11.0 Å². The fraction of sp³-hybridized carbons (Fsp3) is 0.400. The minimum atomic E-state index is -0.178. The van der Waals surface area contributed by atoms with Crippen LogP contribution in [0, 0.1) is 0 Å². The lowest BCUT2D eigenvalue weighted by molar-refractivity contribution is 0.0835. The van der Waals surface area contributed by atoms with Gasteiger partial charge in [0.2, 0.25) is 0 Å². The summed E-state index contributed by atoms with van der Waals surface area (Å²) in [6.45, 7) is 1.15. The molecule has 1 unspecified atom stereocenters. The average Bonchev–Trinajstić information content (AvgIpc) is 3.34. The van der Waals surface area contributed by atoms with Gasteiger partial charge in [0.05, 0.1) is 0 Å². The summed E-state index contributed by atoms with van der Waals surface area (Å²) in [6, 6.07) is 5.16. The van der Waals surface area contributed by atoms with E-state index in [2.05, 4.69) is 30.9 Å². The Morgan fingerprint density at radius 1 is 1.33 bits per heavy atom. The lowest BCUT2D eigenvalue weighted by atomic mass is 10.2. The average molecular weight is 328 g/mol. The first-order valence-electron chi connectivity index (χ1n) is 7.82. The van der Waals surface area contributed by atoms with Gasteiger partial charge >= 0.3 is 0 Å². The van der Waals surface area contributed by atoms with Crippen LogP contribution in [-0.2, 0) is 11.2 Å². The molecule has 1 aromatic carbocycles. The molecule has 1 amide bonds. The van der Waals surface area contributed by atoms with Crippen LogP contribution in [0.4, 0.5) is 0 Å². The molecule has 1 fully saturated rings. The van der Waals surface area contributed by atoms with Crippen LogP contribution in [-0.4, -0.2) is 44.6 Å². The van der Waals surface area contributed by atoms with Gasteiger partial charge in [0.1, 0.15) is 17.1 Å². The highest BCUT2D eigenvalue weighted by molar-refractivity contribution is 5.97. The zero-order valence-corrected chi connectivity index (χ0v) is 12.9. The molecule has 24 heavy (non-hydrogen) atoms. The van der Waals surface area contributed by atoms with Gasteiger partial charge in [-0.1, -0.05) is 5.16 Å². The Kier molecular flexibility index (Phi) is 3.91. The lowest BCUT2D eigenvalue weighted by Gasteiger charge is -2.03. The first-order valence-corrected chi connectivity index (χ1v) is 7.82. The van der Waals surface area contributed by atoms with E-state index in [1.165, 1.54) is 0 Å². The molecule has 3 heterocycles. The summed E-state index contributed by atoms with van der Waals surface area (Å²) in [6.07, 6.45) is 2.32. The van der Waals surface area contributed by atoms with E-state index in [4.69, 9.17) is 9.26 Å². The zero-order chi connectivity index (χ0) is 16.4. The molecule has 1 saturated heterocycles. The van der Waals surface area contributed by atoms with Crippen molar-refractivity contribution in [1.29, 1.82) is 0 Å². The maximum atomic E-state index is 12.2. The van der Waals surface area contributed by atoms with E-state index in [-0.39, 0.29) is 12.0 Å². The number of benzene rings is 1. The normalized spacial score (nSPS) is 17.4. The molecular formula is C15H16N6O3. The predicted molar refractivity (Wildman–Crippen MR) is 82.2 cm³/mol. The summed E-state index contributed by atoms with van der Waals surface area (Å²) in [4.78, 5) is 16.5. The fourth-order valence-corrected chi connectivity index (χ4v) is 2.64. The maximum Gasteiger partial charge on any atom is 0.255 e. The summed E-state index contributed by atoms with van der Waals surface area (Å²) >= 11 is 0. The molecule has 4 rings (SSSR count). The number of ether oxygens (including phenoxy) is 1. The Labute approximate surface area is 136 Å². The minimum Gasteiger partial charge on any atom is -0.368 e. The molecule has 0 spiro atoms. The number of aromatic amines is 1. The van der Waals surface area contributed by atoms with Crippen molar-refractivity contribution in [3.05, 3.63) is 35.5 Å². The Bertz CT molecular complexity index is 852. The Morgan fingerprint density at radius 3 is 3.12 bits per heavy atom. The van der Waals surface area contributed by atoms with Gasteiger partial charge < -0.3 is 14.6 Å². The summed E-state index contributed by atoms with van der Waals surface area (Å²) in [7, 11) is 0. The van der Waals surface area contributed by atoms with E-state index < -0.39 is 0 Å². The second kappa shape index (κ2) is 6.36. The topological polar surface area (TPSA) is 119 Å². The number of hydrogen-bond donors (Lipinski definition) is 2. The van der Waals surface area contributed by atoms with Gasteiger partial charge in [-0.05, 0) is 31.0 Å². The molecular weight excluding hydrogens is 312 g/mol. The van der Waals surface area contributed by atoms with Gasteiger partial charge in [-0.3, -0.25) is 4.79 Å². The van der Waals surface area contributed by atoms with E-state index in [1.54, 1.807) is 18.2 Å². The van der Waals surface area contributed by atoms with Crippen LogP contribution < -0.4 is 5.32 Å². The molecule has 1 aliphatic rings. The third kappa shape index (κ3) is 2.98. The number of amides is 1. The van der Waals surface area contributed by atoms with Crippen LogP contribution in [0.15, 0.2) is 22.7 Å². The number of H-pyrrole nitrogens is 1. The van der Waals surface area contributed by atoms with Gasteiger partial charge in [-0.15, -0.1) is 0 Å². The molecule has 0 bridgehead atoms. The highest BCUT2D eigenvalue weighted by atomic mass is 16.5. The number of hydrogen-bond acceptors (Lipinski definition) is 7. The second-order valence-electron chi connectivity index (χ2n) is 5.58. The smallest absolute Gasteiger partial charge is 0.255 e. The van der Waals surface area contributed by atoms with Crippen LogP contribution in [0.5, 0.6) is 0 Å². The van der Waals surface area contributed by atoms with E-state index in [0.717, 1.165) is 25.0 Å². The summed E-state index contributed by atoms with van der Waals surface area (Å²) in [5, 5.41) is 17.2. The molecule has 1 atom stereocenters. The Morgan fingerprint density at radius 2 is 2.25 bits per heavy atom. The van der Waals surface area contributed by atoms with Gasteiger partial charge in [-0.25, -0.2) is 0 Å². The molecule has 0 saturated carbocycles. The molecule has 3 aromatic rings. The van der Waals surface area contributed by atoms with Crippen molar-refractivity contribution < 1.29 is 14.1 Å². The van der Waals surface area contributed by atoms with E-state index in [0.29, 0.717) is 35.8 Å². The first kappa shape index (κ1) is 14.8. The van der Waals surface area contributed by atoms with Crippen molar-refractivity contribution in [2.75, 3.05) is 13.2 Å². The number of carbonyl (C=O) groups is 1. The number of fused-ring (bicyclic) bond motifs is 1. The van der Waals surface area contributed by atoms with Crippen molar-refractivity contribution in [1.82, 2.24) is 30.9 Å². The zero-order valence-electron chi connectivity index (χ0n) is 12.9.